The van der Waals surface area contributed by atoms with Gasteiger partial charge in [0.15, 0.2) is 17.3 Å². The van der Waals surface area contributed by atoms with Crippen molar-refractivity contribution in [1.29, 1.82) is 0 Å². The first-order valence-electron chi connectivity index (χ1n) is 10.7. The molecule has 2 aromatic heterocycles. The Labute approximate surface area is 178 Å². The molecule has 8 heteroatoms. The van der Waals surface area contributed by atoms with Gasteiger partial charge >= 0.3 is 0 Å². The fraction of sp³-hybridized carbons (Fsp3) is 0.435. The van der Waals surface area contributed by atoms with Gasteiger partial charge in [0.2, 0.25) is 0 Å². The van der Waals surface area contributed by atoms with Gasteiger partial charge in [-0.15, -0.1) is 0 Å². The number of amides is 1. The molecular weight excluding hydrogens is 405 g/mol. The molecule has 1 amide bonds. The number of benzene rings is 1. The minimum Gasteiger partial charge on any atom is -0.331 e. The van der Waals surface area contributed by atoms with Gasteiger partial charge in [-0.05, 0) is 49.4 Å². The topological polar surface area (TPSA) is 51.0 Å². The van der Waals surface area contributed by atoms with Crippen molar-refractivity contribution in [3.8, 4) is 0 Å². The summed E-state index contributed by atoms with van der Waals surface area (Å²) in [6.45, 7) is 3.13. The highest BCUT2D eigenvalue weighted by Gasteiger charge is 2.29. The van der Waals surface area contributed by atoms with Crippen molar-refractivity contribution >= 4 is 17.1 Å². The van der Waals surface area contributed by atoms with Gasteiger partial charge in [-0.3, -0.25) is 4.79 Å². The Morgan fingerprint density at radius 3 is 2.68 bits per heavy atom. The molecule has 1 saturated carbocycles. The van der Waals surface area contributed by atoms with E-state index in [1.165, 1.54) is 4.90 Å². The number of carbonyl (C=O) groups excluding carboxylic acids is 1. The predicted molar refractivity (Wildman–Crippen MR) is 111 cm³/mol. The molecule has 31 heavy (non-hydrogen) atoms. The fourth-order valence-corrected chi connectivity index (χ4v) is 3.73. The third-order valence-electron chi connectivity index (χ3n) is 5.63. The summed E-state index contributed by atoms with van der Waals surface area (Å²) < 4.78 is 44.4. The van der Waals surface area contributed by atoms with Gasteiger partial charge in [0, 0.05) is 19.3 Å². The van der Waals surface area contributed by atoms with Crippen LogP contribution in [0.4, 0.5) is 13.2 Å². The van der Waals surface area contributed by atoms with E-state index in [1.807, 2.05) is 17.6 Å². The number of unbranched alkanes of at least 4 members (excludes halogenated alkanes) is 2. The van der Waals surface area contributed by atoms with Gasteiger partial charge < -0.3 is 9.47 Å². The molecule has 0 bridgehead atoms. The highest BCUT2D eigenvalue weighted by Crippen LogP contribution is 2.32. The van der Waals surface area contributed by atoms with Crippen LogP contribution in [-0.4, -0.2) is 31.9 Å². The molecule has 0 saturated heterocycles. The predicted octanol–water partition coefficient (Wildman–Crippen LogP) is 5.09. The summed E-state index contributed by atoms with van der Waals surface area (Å²) >= 11 is 0. The third kappa shape index (κ3) is 4.57. The number of carbonyl (C=O) groups is 1. The molecule has 0 N–H and O–H groups in total. The monoisotopic (exact) mass is 430 g/mol. The summed E-state index contributed by atoms with van der Waals surface area (Å²) in [6.07, 6.45) is 6.41. The number of hydrogen-bond donors (Lipinski definition) is 0. The Hall–Kier alpha value is -2.90. The average Bonchev–Trinajstić information content (AvgIpc) is 3.52. The van der Waals surface area contributed by atoms with E-state index in [1.54, 1.807) is 12.3 Å². The van der Waals surface area contributed by atoms with Gasteiger partial charge in [-0.25, -0.2) is 23.1 Å². The molecule has 1 aliphatic rings. The number of aromatic nitrogens is 3. The van der Waals surface area contributed by atoms with Gasteiger partial charge in [-0.2, -0.15) is 0 Å². The molecule has 5 nitrogen and oxygen atoms in total. The van der Waals surface area contributed by atoms with Gasteiger partial charge in [-0.1, -0.05) is 19.8 Å². The SMILES string of the molecule is CCCCCN(Cc1nc2cccnc2n1CC1CC1)C(=O)c1c(F)ccc(F)c1F. The molecule has 0 radical (unpaired) electrons. The van der Waals surface area contributed by atoms with Crippen LogP contribution in [0.2, 0.25) is 0 Å². The first kappa shape index (κ1) is 21.3. The number of pyridine rings is 1. The lowest BCUT2D eigenvalue weighted by Crippen LogP contribution is -2.34. The van der Waals surface area contributed by atoms with Crippen LogP contribution in [-0.2, 0) is 13.1 Å². The first-order chi connectivity index (χ1) is 15.0. The molecule has 2 heterocycles. The summed E-state index contributed by atoms with van der Waals surface area (Å²) in [6, 6.07) is 5.11. The summed E-state index contributed by atoms with van der Waals surface area (Å²) in [5.41, 5.74) is 0.579. The Bertz CT molecular complexity index is 1090. The van der Waals surface area contributed by atoms with Crippen LogP contribution in [0.3, 0.4) is 0 Å². The third-order valence-corrected chi connectivity index (χ3v) is 5.63. The molecule has 1 aromatic carbocycles. The lowest BCUT2D eigenvalue weighted by molar-refractivity contribution is 0.0722. The van der Waals surface area contributed by atoms with E-state index in [9.17, 15) is 18.0 Å². The van der Waals surface area contributed by atoms with Crippen LogP contribution in [0.15, 0.2) is 30.5 Å². The molecule has 0 aliphatic heterocycles. The second kappa shape index (κ2) is 9.08. The van der Waals surface area contributed by atoms with Crippen molar-refractivity contribution < 1.29 is 18.0 Å². The standard InChI is InChI=1S/C23H25F3N4O/c1-2-3-4-12-29(23(31)20-16(24)9-10-17(25)21(20)26)14-19-28-18-6-5-11-27-22(18)30(19)13-15-7-8-15/h5-6,9-11,15H,2-4,7-8,12-14H2,1H3. The normalized spacial score (nSPS) is 13.7. The van der Waals surface area contributed by atoms with Gasteiger partial charge in [0.1, 0.15) is 22.7 Å². The van der Waals surface area contributed by atoms with E-state index in [0.29, 0.717) is 36.3 Å². The van der Waals surface area contributed by atoms with Gasteiger partial charge in [0.25, 0.3) is 5.91 Å². The number of nitrogens with zero attached hydrogens (tertiary/aromatic N) is 4. The molecule has 0 spiro atoms. The fourth-order valence-electron chi connectivity index (χ4n) is 3.73. The van der Waals surface area contributed by atoms with Crippen molar-refractivity contribution in [1.82, 2.24) is 19.4 Å². The summed E-state index contributed by atoms with van der Waals surface area (Å²) in [7, 11) is 0. The van der Waals surface area contributed by atoms with Crippen molar-refractivity contribution in [3.63, 3.8) is 0 Å². The second-order valence-corrected chi connectivity index (χ2v) is 8.08. The van der Waals surface area contributed by atoms with Crippen molar-refractivity contribution in [2.75, 3.05) is 6.54 Å². The highest BCUT2D eigenvalue weighted by atomic mass is 19.2. The van der Waals surface area contributed by atoms with E-state index in [0.717, 1.165) is 43.9 Å². The maximum Gasteiger partial charge on any atom is 0.260 e. The summed E-state index contributed by atoms with van der Waals surface area (Å²) in [5, 5.41) is 0. The van der Waals surface area contributed by atoms with Gasteiger partial charge in [0.05, 0.1) is 6.54 Å². The van der Waals surface area contributed by atoms with Crippen LogP contribution in [0, 0.1) is 23.4 Å². The largest absolute Gasteiger partial charge is 0.331 e. The smallest absolute Gasteiger partial charge is 0.260 e. The molecule has 1 fully saturated rings. The molecular formula is C23H25F3N4O. The highest BCUT2D eigenvalue weighted by molar-refractivity contribution is 5.94. The number of halogens is 3. The molecule has 1 aliphatic carbocycles. The zero-order valence-corrected chi connectivity index (χ0v) is 17.5. The maximum atomic E-state index is 14.3. The number of hydrogen-bond acceptors (Lipinski definition) is 3. The number of rotatable bonds is 9. The van der Waals surface area contributed by atoms with Crippen molar-refractivity contribution in [2.45, 2.75) is 52.1 Å². The lowest BCUT2D eigenvalue weighted by Gasteiger charge is -2.23. The number of fused-ring (bicyclic) bond motifs is 1. The Morgan fingerprint density at radius 2 is 1.94 bits per heavy atom. The second-order valence-electron chi connectivity index (χ2n) is 8.08. The van der Waals surface area contributed by atoms with Crippen LogP contribution in [0.25, 0.3) is 11.2 Å². The quantitative estimate of drug-likeness (QED) is 0.351. The van der Waals surface area contributed by atoms with Crippen LogP contribution < -0.4 is 0 Å². The Morgan fingerprint density at radius 1 is 1.16 bits per heavy atom. The van der Waals surface area contributed by atoms with E-state index >= 15 is 0 Å². The zero-order valence-electron chi connectivity index (χ0n) is 17.5. The zero-order chi connectivity index (χ0) is 22.0. The lowest BCUT2D eigenvalue weighted by atomic mass is 10.1. The molecule has 0 unspecified atom stereocenters. The van der Waals surface area contributed by atoms with Crippen molar-refractivity contribution in [2.24, 2.45) is 5.92 Å². The molecule has 164 valence electrons. The van der Waals surface area contributed by atoms with Crippen LogP contribution in [0.1, 0.15) is 55.2 Å². The Balaban J connectivity index is 1.69. The van der Waals surface area contributed by atoms with E-state index in [4.69, 9.17) is 0 Å². The van der Waals surface area contributed by atoms with E-state index in [-0.39, 0.29) is 6.54 Å². The van der Waals surface area contributed by atoms with Crippen LogP contribution >= 0.6 is 0 Å². The molecule has 3 aromatic rings. The molecule has 4 rings (SSSR count). The summed E-state index contributed by atoms with van der Waals surface area (Å²) in [5.74, 6) is -3.49. The first-order valence-corrected chi connectivity index (χ1v) is 10.7. The number of imidazole rings is 1. The molecule has 0 atom stereocenters. The van der Waals surface area contributed by atoms with Crippen molar-refractivity contribution in [3.05, 3.63) is 59.3 Å². The minimum atomic E-state index is -1.46. The Kier molecular flexibility index (Phi) is 6.25. The maximum absolute atomic E-state index is 14.3. The summed E-state index contributed by atoms with van der Waals surface area (Å²) in [4.78, 5) is 23.6. The van der Waals surface area contributed by atoms with Crippen LogP contribution in [0.5, 0.6) is 0 Å². The van der Waals surface area contributed by atoms with E-state index in [2.05, 4.69) is 9.97 Å². The minimum absolute atomic E-state index is 0.0705. The van der Waals surface area contributed by atoms with E-state index < -0.39 is 28.9 Å². The average molecular weight is 430 g/mol.